The van der Waals surface area contributed by atoms with Crippen molar-refractivity contribution in [1.29, 1.82) is 5.41 Å². The van der Waals surface area contributed by atoms with Crippen LogP contribution >= 0.6 is 23.1 Å². The van der Waals surface area contributed by atoms with Gasteiger partial charge in [-0.2, -0.15) is 0 Å². The van der Waals surface area contributed by atoms with Gasteiger partial charge in [-0.15, -0.1) is 23.1 Å². The molecule has 3 aliphatic heterocycles. The molecule has 6 heterocycles. The van der Waals surface area contributed by atoms with Gasteiger partial charge < -0.3 is 131 Å². The summed E-state index contributed by atoms with van der Waals surface area (Å²) in [4.78, 5) is 266. The van der Waals surface area contributed by atoms with E-state index in [1.165, 1.54) is 62.2 Å². The Kier molecular flexibility index (Phi) is 40.4. The summed E-state index contributed by atoms with van der Waals surface area (Å²) in [5.41, 5.74) is 19.1. The van der Waals surface area contributed by atoms with Crippen LogP contribution in [0.3, 0.4) is 0 Å². The summed E-state index contributed by atoms with van der Waals surface area (Å²) in [6, 6.07) is -3.02. The van der Waals surface area contributed by atoms with Crippen LogP contribution in [-0.2, 0) is 107 Å². The number of phenols is 1. The highest BCUT2D eigenvalue weighted by molar-refractivity contribution is 8.00. The number of imidazole rings is 1. The SMILES string of the molecule is CCCC[C@H]1C(=O)N(C)[C@@H](CCCC)C(=O)N[C@@H](CCCNC(=N)N)C(=O)NC(C(=O)NCC(N)=O)CSCC(=O)N[C@@H](Cc2ccc(O)cc2)C(=O)N(C)[C@@H](CO)C(=O)N[C@@H](CC(N)=O)C(=O)N2CCC[C@H]2C(=O)N[C@@H](Cc2cnc[nH]2)C(=O)N[C@@H](CC(C)C)C(=O)N2C[C@H](O)C[C@H]2C(=O)N[C@@H](Cc2c[nH]c3ccccc23)C(=O)N[C@@H](CO)C(=O)N[C@@H](Cc2csc3ccccc23)C(=O)N1C. The van der Waals surface area contributed by atoms with Gasteiger partial charge in [-0.25, -0.2) is 4.98 Å². The first-order valence-electron chi connectivity index (χ1n) is 45.6. The number of carbonyl (C=O) groups is 17. The van der Waals surface area contributed by atoms with E-state index in [0.29, 0.717) is 64.4 Å². The second-order valence-corrected chi connectivity index (χ2v) is 36.8. The number of primary amides is 2. The van der Waals surface area contributed by atoms with E-state index in [0.717, 1.165) is 48.0 Å². The highest BCUT2D eigenvalue weighted by Crippen LogP contribution is 2.30. The van der Waals surface area contributed by atoms with Crippen LogP contribution in [0.2, 0.25) is 0 Å². The average molecular weight is 1940 g/mol. The number of aromatic nitrogens is 3. The minimum absolute atomic E-state index is 0.0131. The third-order valence-corrected chi connectivity index (χ3v) is 26.2. The molecule has 3 aromatic carbocycles. The van der Waals surface area contributed by atoms with E-state index in [-0.39, 0.29) is 95.4 Å². The molecule has 0 radical (unpaired) electrons. The van der Waals surface area contributed by atoms with Crippen molar-refractivity contribution in [3.05, 3.63) is 119 Å². The number of aliphatic hydroxyl groups excluding tert-OH is 3. The first-order valence-corrected chi connectivity index (χ1v) is 47.7. The number of nitrogens with two attached hydrogens (primary N) is 3. The number of aliphatic hydroxyl groups is 3. The quantitative estimate of drug-likeness (QED) is 0.0137. The van der Waals surface area contributed by atoms with Gasteiger partial charge in [0.25, 0.3) is 0 Å². The lowest BCUT2D eigenvalue weighted by Crippen LogP contribution is -2.62. The van der Waals surface area contributed by atoms with Crippen molar-refractivity contribution in [1.82, 2.24) is 97.9 Å². The number of nitrogens with zero attached hydrogens (tertiary/aromatic N) is 6. The van der Waals surface area contributed by atoms with Crippen molar-refractivity contribution in [2.45, 2.75) is 228 Å². The average Bonchev–Trinajstić information content (AvgIpc) is 1.71. The number of benzene rings is 3. The summed E-state index contributed by atoms with van der Waals surface area (Å²) >= 11 is 2.07. The molecule has 9 rings (SSSR count). The maximum atomic E-state index is 15.8. The number of thiophene rings is 1. The van der Waals surface area contributed by atoms with Crippen molar-refractivity contribution in [3.63, 3.8) is 0 Å². The van der Waals surface area contributed by atoms with Gasteiger partial charge in [-0.3, -0.25) is 86.9 Å². The zero-order valence-corrected chi connectivity index (χ0v) is 79.2. The number of amides is 17. The molecule has 0 spiro atoms. The number of hydrogen-bond donors (Lipinski definition) is 21. The summed E-state index contributed by atoms with van der Waals surface area (Å²) in [6.45, 7) is 3.46. The Labute approximate surface area is 799 Å². The Morgan fingerprint density at radius 3 is 1.77 bits per heavy atom. The van der Waals surface area contributed by atoms with Gasteiger partial charge in [-0.1, -0.05) is 102 Å². The minimum atomic E-state index is -1.91. The number of carbonyl (C=O) groups excluding carboxylic acids is 17. The molecule has 6 aromatic rings. The molecular formula is C91H127N23O21S2. The summed E-state index contributed by atoms with van der Waals surface area (Å²) in [5, 5.41) is 83.8. The Morgan fingerprint density at radius 1 is 0.555 bits per heavy atom. The van der Waals surface area contributed by atoms with Crippen LogP contribution in [0.1, 0.15) is 134 Å². The summed E-state index contributed by atoms with van der Waals surface area (Å²) < 4.78 is 0.806. The van der Waals surface area contributed by atoms with Crippen LogP contribution < -0.4 is 75.7 Å². The number of phenolic OH excluding ortho intramolecular Hbond substituents is 1. The molecule has 3 fully saturated rings. The van der Waals surface area contributed by atoms with Crippen molar-refractivity contribution in [2.24, 2.45) is 23.1 Å². The van der Waals surface area contributed by atoms with Gasteiger partial charge in [0.15, 0.2) is 5.96 Å². The van der Waals surface area contributed by atoms with Gasteiger partial charge in [0, 0.05) is 112 Å². The summed E-state index contributed by atoms with van der Waals surface area (Å²) in [5.74, 6) is -18.9. The lowest BCUT2D eigenvalue weighted by Gasteiger charge is -2.36. The molecule has 0 bridgehead atoms. The maximum Gasteiger partial charge on any atom is 0.246 e. The van der Waals surface area contributed by atoms with Crippen LogP contribution in [0.5, 0.6) is 5.75 Å². The Morgan fingerprint density at radius 2 is 1.12 bits per heavy atom. The summed E-state index contributed by atoms with van der Waals surface area (Å²) in [6.07, 6.45) is 1.69. The number of para-hydroxylation sites is 1. The number of H-pyrrole nitrogens is 2. The van der Waals surface area contributed by atoms with Gasteiger partial charge in [-0.05, 0) is 103 Å². The van der Waals surface area contributed by atoms with Gasteiger partial charge in [0.2, 0.25) is 100 Å². The zero-order valence-electron chi connectivity index (χ0n) is 77.6. The fourth-order valence-electron chi connectivity index (χ4n) is 16.8. The highest BCUT2D eigenvalue weighted by Gasteiger charge is 2.47. The van der Waals surface area contributed by atoms with E-state index >= 15 is 38.4 Å². The fraction of sp³-hybridized carbons (Fsp3) is 0.527. The van der Waals surface area contributed by atoms with Crippen molar-refractivity contribution < 1.29 is 102 Å². The molecule has 0 aliphatic carbocycles. The fourth-order valence-corrected chi connectivity index (χ4v) is 18.7. The van der Waals surface area contributed by atoms with Crippen LogP contribution in [0.4, 0.5) is 0 Å². The van der Waals surface area contributed by atoms with E-state index in [2.05, 4.69) is 73.4 Å². The number of hydrogen-bond acceptors (Lipinski definition) is 25. The number of likely N-dealkylation sites (N-methyl/N-ethyl adjacent to an activating group) is 3. The molecular weight excluding hydrogens is 1820 g/mol. The number of rotatable bonds is 27. The number of fused-ring (bicyclic) bond motifs is 4. The molecule has 24 N–H and O–H groups in total. The smallest absolute Gasteiger partial charge is 0.246 e. The van der Waals surface area contributed by atoms with Crippen LogP contribution in [0, 0.1) is 11.3 Å². The molecule has 0 saturated carbocycles. The van der Waals surface area contributed by atoms with Gasteiger partial charge >= 0.3 is 0 Å². The number of nitrogens with one attached hydrogen (secondary N) is 14. The second kappa shape index (κ2) is 51.6. The number of thioether (sulfide) groups is 1. The second-order valence-electron chi connectivity index (χ2n) is 34.9. The van der Waals surface area contributed by atoms with E-state index in [1.54, 1.807) is 55.8 Å². The Balaban J connectivity index is 1.11. The van der Waals surface area contributed by atoms with E-state index < -0.39 is 248 Å². The van der Waals surface area contributed by atoms with Crippen molar-refractivity contribution >= 4 is 150 Å². The number of unbranched alkanes of at least 4 members (excludes halogenated alkanes) is 2. The molecule has 3 saturated heterocycles. The molecule has 44 nitrogen and oxygen atoms in total. The first kappa shape index (κ1) is 107. The largest absolute Gasteiger partial charge is 0.508 e. The molecule has 3 aliphatic rings. The van der Waals surface area contributed by atoms with E-state index in [4.69, 9.17) is 22.6 Å². The van der Waals surface area contributed by atoms with Crippen LogP contribution in [-0.4, -0.2) is 329 Å². The number of guanidine groups is 1. The van der Waals surface area contributed by atoms with Gasteiger partial charge in [0.05, 0.1) is 44.4 Å². The first-order chi connectivity index (χ1) is 65.3. The van der Waals surface area contributed by atoms with Crippen molar-refractivity contribution in [3.8, 4) is 5.75 Å². The van der Waals surface area contributed by atoms with Crippen molar-refractivity contribution in [2.75, 3.05) is 72.0 Å². The number of aromatic amines is 2. The van der Waals surface area contributed by atoms with E-state index in [9.17, 15) is 63.6 Å². The Hall–Kier alpha value is -13.3. The van der Waals surface area contributed by atoms with Crippen LogP contribution in [0.25, 0.3) is 21.0 Å². The molecule has 744 valence electrons. The zero-order chi connectivity index (χ0) is 100. The lowest BCUT2D eigenvalue weighted by atomic mass is 10.00. The van der Waals surface area contributed by atoms with E-state index in [1.807, 2.05) is 32.0 Å². The molecule has 15 atom stereocenters. The minimum Gasteiger partial charge on any atom is -0.508 e. The standard InChI is InChI=1S/C91H127N23O21S2/c1-8-10-22-68-82(127)102-59(21-16-30-97-91(94)95)78(123)109-67(77(122)99-41-75(93)120)46-136-47-76(121)101-63(33-50-26-28-54(117)29-27-50)86(131)112(7)72(44-116)85(130)107-65(38-74(92)119)88(133)113-31-17-24-69(113)83(128)104-61(36-53-40-96-48-100-53)80(125)105-62(32-49(3)4)89(134)114-42-55(118)37-71(114)84(129)103-60(34-51-39-98-58-20-14-12-18-56(51)58)79(124)108-66(43-115)81(126)106-64(35-52-45-137-73-25-15-13-19-57(52)73)87(132)111(6)70(23-11-9-2)90(135)110(68)5/h12-15,18-20,25-29,39-40,45,48-49,55,59-72,98,115-118H,8-11,16-17,21-24,30-38,41-44,46-47H2,1-7H3,(H2,92,119)(H2,93,120)(H,96,100)(H,99,122)(H,101,121)(H,102,127)(H,103,129)(H,104,128)(H,105,125)(H,106,126)(H,107,130)(H,108,124)(H,109,123)(H4,94,95,97)/t55-,59+,60+,61+,62+,63+,64+,65+,66+,67?,68+,69+,70+,71+,72+/m1/s1. The maximum absolute atomic E-state index is 15.8. The van der Waals surface area contributed by atoms with Gasteiger partial charge in [0.1, 0.15) is 90.3 Å². The monoisotopic (exact) mass is 1940 g/mol. The predicted molar refractivity (Wildman–Crippen MR) is 505 cm³/mol. The molecule has 137 heavy (non-hydrogen) atoms. The molecule has 17 amide bonds. The predicted octanol–water partition coefficient (Wildman–Crippen LogP) is -3.22. The summed E-state index contributed by atoms with van der Waals surface area (Å²) in [7, 11) is 3.77. The normalized spacial score (nSPS) is 24.6. The molecule has 46 heteroatoms. The topological polar surface area (TPSA) is 666 Å². The lowest BCUT2D eigenvalue weighted by molar-refractivity contribution is -0.149. The number of aromatic hydroxyl groups is 1. The van der Waals surface area contributed by atoms with Crippen LogP contribution in [0.15, 0.2) is 96.9 Å². The third-order valence-electron chi connectivity index (χ3n) is 24.2. The third kappa shape index (κ3) is 30.1. The molecule has 1 unspecified atom stereocenters. The Bertz CT molecular complexity index is 5270. The molecule has 3 aromatic heterocycles. The highest BCUT2D eigenvalue weighted by atomic mass is 32.2.